The van der Waals surface area contributed by atoms with Crippen LogP contribution in [0.4, 0.5) is 17.1 Å². The van der Waals surface area contributed by atoms with Gasteiger partial charge in [0.2, 0.25) is 11.8 Å². The van der Waals surface area contributed by atoms with E-state index in [0.29, 0.717) is 16.9 Å². The SMILES string of the molecule is CC(=O)Nc1ccc(N[C@H](C)C(=O)Nc2cccc(C#N)c2)cc1. The van der Waals surface area contributed by atoms with E-state index in [1.807, 2.05) is 6.07 Å². The zero-order chi connectivity index (χ0) is 17.5. The van der Waals surface area contributed by atoms with Crippen molar-refractivity contribution in [2.45, 2.75) is 19.9 Å². The van der Waals surface area contributed by atoms with Crippen molar-refractivity contribution in [1.29, 1.82) is 5.26 Å². The number of nitriles is 1. The Bertz CT molecular complexity index is 778. The first-order valence-electron chi connectivity index (χ1n) is 7.43. The van der Waals surface area contributed by atoms with E-state index in [2.05, 4.69) is 16.0 Å². The van der Waals surface area contributed by atoms with E-state index >= 15 is 0 Å². The van der Waals surface area contributed by atoms with Crippen LogP contribution in [-0.4, -0.2) is 17.9 Å². The van der Waals surface area contributed by atoms with Gasteiger partial charge >= 0.3 is 0 Å². The molecule has 2 rings (SSSR count). The molecule has 0 spiro atoms. The van der Waals surface area contributed by atoms with Crippen LogP contribution >= 0.6 is 0 Å². The number of nitrogens with zero attached hydrogens (tertiary/aromatic N) is 1. The molecule has 0 radical (unpaired) electrons. The van der Waals surface area contributed by atoms with Gasteiger partial charge in [0.25, 0.3) is 0 Å². The maximum Gasteiger partial charge on any atom is 0.246 e. The fourth-order valence-electron chi connectivity index (χ4n) is 2.09. The molecule has 0 bridgehead atoms. The van der Waals surface area contributed by atoms with E-state index in [1.54, 1.807) is 55.5 Å². The maximum atomic E-state index is 12.2. The molecule has 0 fully saturated rings. The number of benzene rings is 2. The number of hydrogen-bond acceptors (Lipinski definition) is 4. The molecule has 2 aromatic carbocycles. The zero-order valence-electron chi connectivity index (χ0n) is 13.5. The van der Waals surface area contributed by atoms with Crippen molar-refractivity contribution in [3.8, 4) is 6.07 Å². The van der Waals surface area contributed by atoms with Crippen molar-refractivity contribution in [3.05, 3.63) is 54.1 Å². The first-order valence-corrected chi connectivity index (χ1v) is 7.43. The number of hydrogen-bond donors (Lipinski definition) is 3. The van der Waals surface area contributed by atoms with Gasteiger partial charge in [0.15, 0.2) is 0 Å². The van der Waals surface area contributed by atoms with E-state index in [0.717, 1.165) is 5.69 Å². The third kappa shape index (κ3) is 4.85. The predicted octanol–water partition coefficient (Wildman–Crippen LogP) is 2.96. The van der Waals surface area contributed by atoms with Gasteiger partial charge in [-0.05, 0) is 49.4 Å². The summed E-state index contributed by atoms with van der Waals surface area (Å²) >= 11 is 0. The Morgan fingerprint density at radius 2 is 1.67 bits per heavy atom. The van der Waals surface area contributed by atoms with E-state index in [-0.39, 0.29) is 11.8 Å². The standard InChI is InChI=1S/C18H18N4O2/c1-12(18(24)22-17-5-3-4-14(10-17)11-19)20-15-6-8-16(9-7-15)21-13(2)23/h3-10,12,20H,1-2H3,(H,21,23)(H,22,24)/t12-/m1/s1. The quantitative estimate of drug-likeness (QED) is 0.789. The summed E-state index contributed by atoms with van der Waals surface area (Å²) in [5.41, 5.74) is 2.52. The summed E-state index contributed by atoms with van der Waals surface area (Å²) in [5.74, 6) is -0.348. The molecule has 0 heterocycles. The minimum absolute atomic E-state index is 0.136. The van der Waals surface area contributed by atoms with Gasteiger partial charge in [0, 0.05) is 24.0 Å². The average Bonchev–Trinajstić information content (AvgIpc) is 2.56. The molecule has 24 heavy (non-hydrogen) atoms. The van der Waals surface area contributed by atoms with Crippen molar-refractivity contribution in [3.63, 3.8) is 0 Å². The maximum absolute atomic E-state index is 12.2. The lowest BCUT2D eigenvalue weighted by Gasteiger charge is -2.16. The minimum Gasteiger partial charge on any atom is -0.374 e. The fraction of sp³-hybridized carbons (Fsp3) is 0.167. The van der Waals surface area contributed by atoms with Crippen molar-refractivity contribution in [2.75, 3.05) is 16.0 Å². The Morgan fingerprint density at radius 1 is 1.00 bits per heavy atom. The molecule has 122 valence electrons. The monoisotopic (exact) mass is 322 g/mol. The molecule has 2 aromatic rings. The highest BCUT2D eigenvalue weighted by Crippen LogP contribution is 2.15. The van der Waals surface area contributed by atoms with Crippen LogP contribution in [0.25, 0.3) is 0 Å². The van der Waals surface area contributed by atoms with E-state index in [9.17, 15) is 9.59 Å². The van der Waals surface area contributed by atoms with Crippen LogP contribution in [0.5, 0.6) is 0 Å². The third-order valence-electron chi connectivity index (χ3n) is 3.24. The summed E-state index contributed by atoms with van der Waals surface area (Å²) in [6, 6.07) is 15.4. The van der Waals surface area contributed by atoms with Gasteiger partial charge in [-0.15, -0.1) is 0 Å². The van der Waals surface area contributed by atoms with Gasteiger partial charge in [-0.3, -0.25) is 9.59 Å². The van der Waals surface area contributed by atoms with E-state index in [1.165, 1.54) is 6.92 Å². The minimum atomic E-state index is -0.470. The smallest absolute Gasteiger partial charge is 0.246 e. The van der Waals surface area contributed by atoms with Gasteiger partial charge in [-0.1, -0.05) is 6.07 Å². The van der Waals surface area contributed by atoms with Crippen LogP contribution < -0.4 is 16.0 Å². The lowest BCUT2D eigenvalue weighted by molar-refractivity contribution is -0.116. The Kier molecular flexibility index (Phi) is 5.53. The normalized spacial score (nSPS) is 11.0. The molecule has 0 aliphatic rings. The third-order valence-corrected chi connectivity index (χ3v) is 3.24. The molecule has 1 atom stereocenters. The second kappa shape index (κ2) is 7.79. The predicted molar refractivity (Wildman–Crippen MR) is 93.6 cm³/mol. The van der Waals surface area contributed by atoms with Crippen LogP contribution in [0.3, 0.4) is 0 Å². The van der Waals surface area contributed by atoms with Crippen LogP contribution in [0.2, 0.25) is 0 Å². The van der Waals surface area contributed by atoms with Crippen LogP contribution in [0.15, 0.2) is 48.5 Å². The number of rotatable bonds is 5. The Morgan fingerprint density at radius 3 is 2.29 bits per heavy atom. The molecule has 3 N–H and O–H groups in total. The molecule has 6 heteroatoms. The number of anilines is 3. The molecule has 0 aliphatic heterocycles. The Labute approximate surface area is 140 Å². The second-order valence-electron chi connectivity index (χ2n) is 5.31. The molecule has 0 unspecified atom stereocenters. The Balaban J connectivity index is 1.95. The first-order chi connectivity index (χ1) is 11.5. The number of carbonyl (C=O) groups excluding carboxylic acids is 2. The zero-order valence-corrected chi connectivity index (χ0v) is 13.5. The number of amides is 2. The average molecular weight is 322 g/mol. The van der Waals surface area contributed by atoms with Crippen LogP contribution in [0, 0.1) is 11.3 Å². The van der Waals surface area contributed by atoms with Gasteiger partial charge in [-0.25, -0.2) is 0 Å². The highest BCUT2D eigenvalue weighted by molar-refractivity contribution is 5.96. The van der Waals surface area contributed by atoms with Crippen molar-refractivity contribution in [2.24, 2.45) is 0 Å². The van der Waals surface area contributed by atoms with Crippen molar-refractivity contribution in [1.82, 2.24) is 0 Å². The summed E-state index contributed by atoms with van der Waals surface area (Å²) in [4.78, 5) is 23.2. The van der Waals surface area contributed by atoms with Gasteiger partial charge in [0.1, 0.15) is 6.04 Å². The molecule has 0 saturated carbocycles. The van der Waals surface area contributed by atoms with Gasteiger partial charge < -0.3 is 16.0 Å². The highest BCUT2D eigenvalue weighted by Gasteiger charge is 2.13. The van der Waals surface area contributed by atoms with Crippen molar-refractivity contribution < 1.29 is 9.59 Å². The van der Waals surface area contributed by atoms with Crippen molar-refractivity contribution >= 4 is 28.9 Å². The lowest BCUT2D eigenvalue weighted by atomic mass is 10.2. The summed E-state index contributed by atoms with van der Waals surface area (Å²) in [6.07, 6.45) is 0. The molecule has 0 aromatic heterocycles. The molecule has 6 nitrogen and oxygen atoms in total. The van der Waals surface area contributed by atoms with Crippen LogP contribution in [0.1, 0.15) is 19.4 Å². The second-order valence-corrected chi connectivity index (χ2v) is 5.31. The number of carbonyl (C=O) groups is 2. The topological polar surface area (TPSA) is 94.0 Å². The fourth-order valence-corrected chi connectivity index (χ4v) is 2.09. The summed E-state index contributed by atoms with van der Waals surface area (Å²) in [7, 11) is 0. The van der Waals surface area contributed by atoms with Gasteiger partial charge in [-0.2, -0.15) is 5.26 Å². The first kappa shape index (κ1) is 17.0. The highest BCUT2D eigenvalue weighted by atomic mass is 16.2. The summed E-state index contributed by atoms with van der Waals surface area (Å²) in [6.45, 7) is 3.19. The lowest BCUT2D eigenvalue weighted by Crippen LogP contribution is -2.31. The number of nitrogens with one attached hydrogen (secondary N) is 3. The summed E-state index contributed by atoms with van der Waals surface area (Å²) < 4.78 is 0. The largest absolute Gasteiger partial charge is 0.374 e. The summed E-state index contributed by atoms with van der Waals surface area (Å²) in [5, 5.41) is 17.4. The molecular formula is C18H18N4O2. The molecular weight excluding hydrogens is 304 g/mol. The molecule has 2 amide bonds. The molecule has 0 saturated heterocycles. The molecule has 0 aliphatic carbocycles. The van der Waals surface area contributed by atoms with E-state index in [4.69, 9.17) is 5.26 Å². The Hall–Kier alpha value is -3.33. The van der Waals surface area contributed by atoms with E-state index < -0.39 is 6.04 Å². The van der Waals surface area contributed by atoms with Gasteiger partial charge in [0.05, 0.1) is 11.6 Å². The van der Waals surface area contributed by atoms with Crippen LogP contribution in [-0.2, 0) is 9.59 Å².